The molecule has 0 atom stereocenters. The quantitative estimate of drug-likeness (QED) is 0.769. The highest BCUT2D eigenvalue weighted by Gasteiger charge is 2.26. The van der Waals surface area contributed by atoms with Crippen LogP contribution < -0.4 is 24.4 Å². The highest BCUT2D eigenvalue weighted by molar-refractivity contribution is 6.05. The molecular weight excluding hydrogens is 374 g/mol. The molecule has 2 aromatic carbocycles. The van der Waals surface area contributed by atoms with Crippen molar-refractivity contribution < 1.29 is 23.8 Å². The number of anilines is 2. The Morgan fingerprint density at radius 2 is 1.90 bits per heavy atom. The second-order valence-electron chi connectivity index (χ2n) is 6.84. The van der Waals surface area contributed by atoms with E-state index in [0.717, 1.165) is 0 Å². The number of carbonyl (C=O) groups excluding carboxylic acids is 2. The summed E-state index contributed by atoms with van der Waals surface area (Å²) in [5.41, 5.74) is 1.64. The van der Waals surface area contributed by atoms with Crippen molar-refractivity contribution in [3.63, 3.8) is 0 Å². The second kappa shape index (κ2) is 8.83. The van der Waals surface area contributed by atoms with Crippen LogP contribution in [0.1, 0.15) is 10.4 Å². The molecule has 1 N–H and O–H groups in total. The lowest BCUT2D eigenvalue weighted by atomic mass is 10.1. The van der Waals surface area contributed by atoms with Gasteiger partial charge in [0.2, 0.25) is 0 Å². The first-order chi connectivity index (χ1) is 13.9. The number of hydrogen-bond acceptors (Lipinski definition) is 6. The molecule has 1 aliphatic rings. The van der Waals surface area contributed by atoms with Crippen molar-refractivity contribution in [1.29, 1.82) is 0 Å². The molecule has 0 spiro atoms. The zero-order valence-corrected chi connectivity index (χ0v) is 17.0. The Morgan fingerprint density at radius 1 is 1.14 bits per heavy atom. The van der Waals surface area contributed by atoms with Crippen LogP contribution in [0, 0.1) is 0 Å². The largest absolute Gasteiger partial charge is 0.493 e. The van der Waals surface area contributed by atoms with Gasteiger partial charge in [0.15, 0.2) is 18.1 Å². The van der Waals surface area contributed by atoms with Gasteiger partial charge in [0.05, 0.1) is 19.9 Å². The van der Waals surface area contributed by atoms with E-state index < -0.39 is 0 Å². The standard InChI is InChI=1S/C21H25N3O5/c1-23(2)9-10-24-16-12-15(6-8-17(16)29-13-20(24)25)22-21(26)14-5-7-18(27-3)19(11-14)28-4/h5-8,11-12H,9-10,13H2,1-4H3,(H,22,26). The first kappa shape index (κ1) is 20.5. The Morgan fingerprint density at radius 3 is 2.59 bits per heavy atom. The van der Waals surface area contributed by atoms with Crippen molar-refractivity contribution in [2.45, 2.75) is 0 Å². The van der Waals surface area contributed by atoms with Crippen LogP contribution in [0.3, 0.4) is 0 Å². The van der Waals surface area contributed by atoms with Crippen LogP contribution in [0.5, 0.6) is 17.2 Å². The number of likely N-dealkylation sites (N-methyl/N-ethyl adjacent to an activating group) is 1. The number of hydrogen-bond donors (Lipinski definition) is 1. The van der Waals surface area contributed by atoms with E-state index in [1.54, 1.807) is 41.3 Å². The van der Waals surface area contributed by atoms with E-state index in [9.17, 15) is 9.59 Å². The fourth-order valence-corrected chi connectivity index (χ4v) is 3.01. The Bertz CT molecular complexity index is 913. The minimum atomic E-state index is -0.297. The molecular formula is C21H25N3O5. The van der Waals surface area contributed by atoms with E-state index in [2.05, 4.69) is 5.32 Å². The highest BCUT2D eigenvalue weighted by Crippen LogP contribution is 2.35. The molecule has 0 bridgehead atoms. The number of carbonyl (C=O) groups is 2. The smallest absolute Gasteiger partial charge is 0.265 e. The molecule has 2 aromatic rings. The van der Waals surface area contributed by atoms with Crippen molar-refractivity contribution in [2.24, 2.45) is 0 Å². The van der Waals surface area contributed by atoms with Crippen molar-refractivity contribution >= 4 is 23.2 Å². The van der Waals surface area contributed by atoms with Crippen LogP contribution in [0.4, 0.5) is 11.4 Å². The van der Waals surface area contributed by atoms with Crippen LogP contribution >= 0.6 is 0 Å². The molecule has 29 heavy (non-hydrogen) atoms. The first-order valence-electron chi connectivity index (χ1n) is 9.18. The molecule has 0 aliphatic carbocycles. The SMILES string of the molecule is COc1ccc(C(=O)Nc2ccc3c(c2)N(CCN(C)C)C(=O)CO3)cc1OC. The lowest BCUT2D eigenvalue weighted by Crippen LogP contribution is -2.42. The maximum atomic E-state index is 12.7. The van der Waals surface area contributed by atoms with Gasteiger partial charge in [0.25, 0.3) is 11.8 Å². The molecule has 0 radical (unpaired) electrons. The molecule has 3 rings (SSSR count). The van der Waals surface area contributed by atoms with Crippen molar-refractivity contribution in [1.82, 2.24) is 4.90 Å². The number of amides is 2. The Balaban J connectivity index is 1.82. The van der Waals surface area contributed by atoms with Crippen LogP contribution in [0.2, 0.25) is 0 Å². The maximum absolute atomic E-state index is 12.7. The zero-order chi connectivity index (χ0) is 21.0. The summed E-state index contributed by atoms with van der Waals surface area (Å²) < 4.78 is 16.0. The number of nitrogens with one attached hydrogen (secondary N) is 1. The number of nitrogens with zero attached hydrogens (tertiary/aromatic N) is 2. The van der Waals surface area contributed by atoms with Gasteiger partial charge >= 0.3 is 0 Å². The van der Waals surface area contributed by atoms with Gasteiger partial charge in [-0.2, -0.15) is 0 Å². The van der Waals surface area contributed by atoms with Crippen molar-refractivity contribution in [3.05, 3.63) is 42.0 Å². The van der Waals surface area contributed by atoms with E-state index in [0.29, 0.717) is 47.3 Å². The number of rotatable bonds is 7. The van der Waals surface area contributed by atoms with Gasteiger partial charge < -0.3 is 29.3 Å². The van der Waals surface area contributed by atoms with Gasteiger partial charge in [0.1, 0.15) is 5.75 Å². The fraction of sp³-hybridized carbons (Fsp3) is 0.333. The van der Waals surface area contributed by atoms with Crippen LogP contribution in [0.25, 0.3) is 0 Å². The van der Waals surface area contributed by atoms with Gasteiger partial charge in [-0.05, 0) is 50.5 Å². The van der Waals surface area contributed by atoms with Gasteiger partial charge in [-0.15, -0.1) is 0 Å². The third-order valence-corrected chi connectivity index (χ3v) is 4.58. The lowest BCUT2D eigenvalue weighted by molar-refractivity contribution is -0.121. The third kappa shape index (κ3) is 4.60. The average molecular weight is 399 g/mol. The van der Waals surface area contributed by atoms with E-state index in [1.807, 2.05) is 19.0 Å². The van der Waals surface area contributed by atoms with Gasteiger partial charge in [0, 0.05) is 24.3 Å². The summed E-state index contributed by atoms with van der Waals surface area (Å²) in [7, 11) is 6.95. The van der Waals surface area contributed by atoms with E-state index in [-0.39, 0.29) is 18.4 Å². The van der Waals surface area contributed by atoms with Gasteiger partial charge in [-0.3, -0.25) is 9.59 Å². The molecule has 8 nitrogen and oxygen atoms in total. The molecule has 0 unspecified atom stereocenters. The molecule has 0 saturated heterocycles. The van der Waals surface area contributed by atoms with E-state index in [4.69, 9.17) is 14.2 Å². The Hall–Kier alpha value is -3.26. The average Bonchev–Trinajstić information content (AvgIpc) is 2.72. The predicted octanol–water partition coefficient (Wildman–Crippen LogP) is 2.24. The summed E-state index contributed by atoms with van der Waals surface area (Å²) in [4.78, 5) is 28.7. The molecule has 1 aliphatic heterocycles. The van der Waals surface area contributed by atoms with E-state index >= 15 is 0 Å². The lowest BCUT2D eigenvalue weighted by Gasteiger charge is -2.30. The molecule has 154 valence electrons. The minimum Gasteiger partial charge on any atom is -0.493 e. The Kier molecular flexibility index (Phi) is 6.23. The molecule has 0 aromatic heterocycles. The highest BCUT2D eigenvalue weighted by atomic mass is 16.5. The van der Waals surface area contributed by atoms with Crippen LogP contribution in [0.15, 0.2) is 36.4 Å². The monoisotopic (exact) mass is 399 g/mol. The summed E-state index contributed by atoms with van der Waals surface area (Å²) in [6, 6.07) is 10.2. The molecule has 1 heterocycles. The number of benzene rings is 2. The molecule has 0 saturated carbocycles. The third-order valence-electron chi connectivity index (χ3n) is 4.58. The molecule has 8 heteroatoms. The summed E-state index contributed by atoms with van der Waals surface area (Å²) in [5.74, 6) is 1.23. The van der Waals surface area contributed by atoms with Crippen LogP contribution in [-0.4, -0.2) is 64.7 Å². The number of methoxy groups -OCH3 is 2. The number of ether oxygens (including phenoxy) is 3. The second-order valence-corrected chi connectivity index (χ2v) is 6.84. The normalized spacial score (nSPS) is 13.0. The van der Waals surface area contributed by atoms with Crippen molar-refractivity contribution in [2.75, 3.05) is 58.2 Å². The topological polar surface area (TPSA) is 80.3 Å². The maximum Gasteiger partial charge on any atom is 0.265 e. The van der Waals surface area contributed by atoms with Crippen molar-refractivity contribution in [3.8, 4) is 17.2 Å². The molecule has 2 amide bonds. The van der Waals surface area contributed by atoms with E-state index in [1.165, 1.54) is 14.2 Å². The summed E-state index contributed by atoms with van der Waals surface area (Å²) in [5, 5.41) is 2.86. The summed E-state index contributed by atoms with van der Waals surface area (Å²) in [6.45, 7) is 1.26. The zero-order valence-electron chi connectivity index (χ0n) is 17.0. The molecule has 0 fully saturated rings. The summed E-state index contributed by atoms with van der Waals surface area (Å²) in [6.07, 6.45) is 0. The summed E-state index contributed by atoms with van der Waals surface area (Å²) >= 11 is 0. The van der Waals surface area contributed by atoms with Gasteiger partial charge in [-0.25, -0.2) is 0 Å². The first-order valence-corrected chi connectivity index (χ1v) is 9.18. The fourth-order valence-electron chi connectivity index (χ4n) is 3.01. The minimum absolute atomic E-state index is 0.0117. The Labute approximate surface area is 170 Å². The number of fused-ring (bicyclic) bond motifs is 1. The predicted molar refractivity (Wildman–Crippen MR) is 110 cm³/mol. The van der Waals surface area contributed by atoms with Gasteiger partial charge in [-0.1, -0.05) is 0 Å². The van der Waals surface area contributed by atoms with Crippen LogP contribution in [-0.2, 0) is 4.79 Å².